The number of carbonyl (C=O) groups is 3. The summed E-state index contributed by atoms with van der Waals surface area (Å²) in [7, 11) is 0. The molecule has 0 atom stereocenters. The van der Waals surface area contributed by atoms with Crippen LogP contribution >= 0.6 is 23.8 Å². The zero-order chi connectivity index (χ0) is 22.8. The van der Waals surface area contributed by atoms with Crippen LogP contribution in [0.15, 0.2) is 48.5 Å². The summed E-state index contributed by atoms with van der Waals surface area (Å²) >= 11 is 11.0. The van der Waals surface area contributed by atoms with Crippen LogP contribution in [0.1, 0.15) is 29.5 Å². The molecule has 0 aliphatic heterocycles. The molecule has 0 aromatic heterocycles. The van der Waals surface area contributed by atoms with E-state index in [9.17, 15) is 14.4 Å². The van der Waals surface area contributed by atoms with Crippen molar-refractivity contribution in [3.8, 4) is 0 Å². The number of amides is 3. The quantitative estimate of drug-likeness (QED) is 0.302. The molecule has 2 aromatic carbocycles. The van der Waals surface area contributed by atoms with Crippen LogP contribution in [0.4, 0.5) is 5.69 Å². The Morgan fingerprint density at radius 2 is 1.71 bits per heavy atom. The number of rotatable bonds is 6. The lowest BCUT2D eigenvalue weighted by atomic mass is 10.1. The zero-order valence-electron chi connectivity index (χ0n) is 17.1. The molecule has 0 aliphatic carbocycles. The molecule has 7 nitrogen and oxygen atoms in total. The average molecular weight is 459 g/mol. The monoisotopic (exact) mass is 458 g/mol. The fraction of sp³-hybridized carbons (Fsp3) is 0.182. The minimum atomic E-state index is -0.487. The van der Waals surface area contributed by atoms with Crippen LogP contribution in [-0.2, 0) is 14.4 Å². The number of hydrogen-bond donors (Lipinski definition) is 4. The molecule has 162 valence electrons. The van der Waals surface area contributed by atoms with Gasteiger partial charge in [-0.05, 0) is 55.4 Å². The van der Waals surface area contributed by atoms with E-state index in [0.717, 1.165) is 11.1 Å². The molecule has 0 bridgehead atoms. The molecule has 0 fully saturated rings. The van der Waals surface area contributed by atoms with E-state index in [-0.39, 0.29) is 23.9 Å². The predicted molar refractivity (Wildman–Crippen MR) is 126 cm³/mol. The Kier molecular flexibility index (Phi) is 9.17. The van der Waals surface area contributed by atoms with Crippen LogP contribution in [0.25, 0.3) is 6.08 Å². The number of nitrogens with one attached hydrogen (secondary N) is 4. The normalized spacial score (nSPS) is 10.4. The van der Waals surface area contributed by atoms with E-state index in [1.54, 1.807) is 30.3 Å². The van der Waals surface area contributed by atoms with Crippen molar-refractivity contribution in [3.05, 3.63) is 70.3 Å². The standard InChI is InChI=1S/C22H23ClN4O3S/c1-14-7-9-18(15(2)13-14)24-19(28)11-12-21(30)26-27-22(31)25-20(29)10-8-16-5-3-4-6-17(16)23/h3-10,13H,11-12H2,1-2H3,(H,24,28)(H,26,30)(H2,25,27,29,31). The van der Waals surface area contributed by atoms with Gasteiger partial charge in [0.15, 0.2) is 5.11 Å². The second-order valence-corrected chi connectivity index (χ2v) is 7.53. The molecule has 4 N–H and O–H groups in total. The molecule has 0 spiro atoms. The third kappa shape index (κ3) is 8.57. The fourth-order valence-electron chi connectivity index (χ4n) is 2.54. The number of aryl methyl sites for hydroxylation is 2. The Balaban J connectivity index is 1.69. The van der Waals surface area contributed by atoms with Crippen molar-refractivity contribution >= 4 is 58.4 Å². The first-order chi connectivity index (χ1) is 14.7. The van der Waals surface area contributed by atoms with Crippen LogP contribution in [0.2, 0.25) is 5.02 Å². The highest BCUT2D eigenvalue weighted by Crippen LogP contribution is 2.17. The van der Waals surface area contributed by atoms with E-state index in [4.69, 9.17) is 23.8 Å². The molecule has 0 saturated carbocycles. The van der Waals surface area contributed by atoms with Crippen LogP contribution in [-0.4, -0.2) is 22.8 Å². The molecule has 9 heteroatoms. The van der Waals surface area contributed by atoms with E-state index >= 15 is 0 Å². The molecule has 3 amide bonds. The largest absolute Gasteiger partial charge is 0.326 e. The van der Waals surface area contributed by atoms with Gasteiger partial charge in [0.05, 0.1) is 0 Å². The van der Waals surface area contributed by atoms with Gasteiger partial charge in [-0.25, -0.2) is 0 Å². The number of anilines is 1. The highest BCUT2D eigenvalue weighted by atomic mass is 35.5. The number of thiocarbonyl (C=S) groups is 1. The minimum Gasteiger partial charge on any atom is -0.326 e. The first-order valence-electron chi connectivity index (χ1n) is 9.44. The second-order valence-electron chi connectivity index (χ2n) is 6.71. The maximum absolute atomic E-state index is 12.0. The van der Waals surface area contributed by atoms with Crippen molar-refractivity contribution in [2.24, 2.45) is 0 Å². The van der Waals surface area contributed by atoms with Crippen LogP contribution in [0, 0.1) is 13.8 Å². The van der Waals surface area contributed by atoms with Crippen molar-refractivity contribution in [2.75, 3.05) is 5.32 Å². The van der Waals surface area contributed by atoms with Crippen LogP contribution in [0.3, 0.4) is 0 Å². The van der Waals surface area contributed by atoms with Gasteiger partial charge in [0, 0.05) is 29.6 Å². The first-order valence-corrected chi connectivity index (χ1v) is 10.2. The Labute approximate surface area is 191 Å². The van der Waals surface area contributed by atoms with Gasteiger partial charge < -0.3 is 5.32 Å². The van der Waals surface area contributed by atoms with Crippen LogP contribution < -0.4 is 21.5 Å². The van der Waals surface area contributed by atoms with Gasteiger partial charge in [-0.1, -0.05) is 47.5 Å². The summed E-state index contributed by atoms with van der Waals surface area (Å²) in [5, 5.41) is 5.60. The van der Waals surface area contributed by atoms with E-state index < -0.39 is 11.8 Å². The summed E-state index contributed by atoms with van der Waals surface area (Å²) in [6.45, 7) is 3.87. The van der Waals surface area contributed by atoms with Gasteiger partial charge in [0.2, 0.25) is 17.7 Å². The van der Waals surface area contributed by atoms with Gasteiger partial charge in [0.1, 0.15) is 0 Å². The minimum absolute atomic E-state index is 0.000519. The molecule has 0 saturated heterocycles. The number of benzene rings is 2. The lowest BCUT2D eigenvalue weighted by molar-refractivity contribution is -0.124. The Morgan fingerprint density at radius 3 is 2.42 bits per heavy atom. The summed E-state index contributed by atoms with van der Waals surface area (Å²) in [6.07, 6.45) is 2.77. The zero-order valence-corrected chi connectivity index (χ0v) is 18.7. The summed E-state index contributed by atoms with van der Waals surface area (Å²) in [5.74, 6) is -1.21. The number of hydrogen-bond acceptors (Lipinski definition) is 4. The van der Waals surface area contributed by atoms with Crippen molar-refractivity contribution in [2.45, 2.75) is 26.7 Å². The lowest BCUT2D eigenvalue weighted by Gasteiger charge is -2.11. The van der Waals surface area contributed by atoms with Gasteiger partial charge in [-0.15, -0.1) is 0 Å². The van der Waals surface area contributed by atoms with Crippen molar-refractivity contribution in [1.29, 1.82) is 0 Å². The molecular weight excluding hydrogens is 436 g/mol. The third-order valence-corrected chi connectivity index (χ3v) is 4.66. The van der Waals surface area contributed by atoms with Crippen molar-refractivity contribution < 1.29 is 14.4 Å². The number of hydrazine groups is 1. The average Bonchev–Trinajstić information content (AvgIpc) is 2.72. The maximum Gasteiger partial charge on any atom is 0.250 e. The molecule has 0 heterocycles. The summed E-state index contributed by atoms with van der Waals surface area (Å²) in [6, 6.07) is 12.7. The molecule has 0 radical (unpaired) electrons. The highest BCUT2D eigenvalue weighted by Gasteiger charge is 2.09. The number of halogens is 1. The molecule has 2 rings (SSSR count). The van der Waals surface area contributed by atoms with Gasteiger partial charge >= 0.3 is 0 Å². The van der Waals surface area contributed by atoms with E-state index in [1.165, 1.54) is 6.08 Å². The van der Waals surface area contributed by atoms with E-state index in [2.05, 4.69) is 21.5 Å². The second kappa shape index (κ2) is 11.8. The van der Waals surface area contributed by atoms with Crippen molar-refractivity contribution in [3.63, 3.8) is 0 Å². The number of carbonyl (C=O) groups excluding carboxylic acids is 3. The molecule has 31 heavy (non-hydrogen) atoms. The van der Waals surface area contributed by atoms with Crippen LogP contribution in [0.5, 0.6) is 0 Å². The first kappa shape index (κ1) is 24.0. The summed E-state index contributed by atoms with van der Waals surface area (Å²) in [5.41, 5.74) is 8.20. The summed E-state index contributed by atoms with van der Waals surface area (Å²) < 4.78 is 0. The SMILES string of the molecule is Cc1ccc(NC(=O)CCC(=O)NNC(=S)NC(=O)C=Cc2ccccc2Cl)c(C)c1. The smallest absolute Gasteiger partial charge is 0.250 e. The summed E-state index contributed by atoms with van der Waals surface area (Å²) in [4.78, 5) is 35.8. The van der Waals surface area contributed by atoms with Gasteiger partial charge in [-0.3, -0.25) is 30.6 Å². The predicted octanol–water partition coefficient (Wildman–Crippen LogP) is 3.41. The van der Waals surface area contributed by atoms with Gasteiger partial charge in [0.25, 0.3) is 0 Å². The Morgan fingerprint density at radius 1 is 1.00 bits per heavy atom. The van der Waals surface area contributed by atoms with Crippen molar-refractivity contribution in [1.82, 2.24) is 16.2 Å². The molecule has 2 aromatic rings. The van der Waals surface area contributed by atoms with E-state index in [1.807, 2.05) is 32.0 Å². The molecular formula is C22H23ClN4O3S. The third-order valence-electron chi connectivity index (χ3n) is 4.11. The maximum atomic E-state index is 12.0. The van der Waals surface area contributed by atoms with Gasteiger partial charge in [-0.2, -0.15) is 0 Å². The fourth-order valence-corrected chi connectivity index (χ4v) is 2.89. The molecule has 0 unspecified atom stereocenters. The van der Waals surface area contributed by atoms with E-state index in [0.29, 0.717) is 16.3 Å². The lowest BCUT2D eigenvalue weighted by Crippen LogP contribution is -2.48. The highest BCUT2D eigenvalue weighted by molar-refractivity contribution is 7.80. The topological polar surface area (TPSA) is 99.3 Å². The Bertz CT molecular complexity index is 1020. The molecule has 0 aliphatic rings. The Hall–Kier alpha value is -3.23.